The van der Waals surface area contributed by atoms with Crippen molar-refractivity contribution in [3.63, 3.8) is 0 Å². The summed E-state index contributed by atoms with van der Waals surface area (Å²) in [5.74, 6) is -0.709. The number of allylic oxidation sites excluding steroid dienone is 2. The molecule has 1 heterocycles. The fourth-order valence-electron chi connectivity index (χ4n) is 2.97. The number of rotatable bonds is 2. The number of amides is 1. The molecule has 1 amide bonds. The number of aliphatic hydroxyl groups is 1. The van der Waals surface area contributed by atoms with Crippen LogP contribution in [-0.4, -0.2) is 29.2 Å². The maximum Gasteiger partial charge on any atom is 0.262 e. The summed E-state index contributed by atoms with van der Waals surface area (Å²) in [5, 5.41) is 12.5. The second kappa shape index (κ2) is 5.87. The van der Waals surface area contributed by atoms with Crippen molar-refractivity contribution in [3.8, 4) is 5.75 Å². The van der Waals surface area contributed by atoms with Gasteiger partial charge in [0, 0.05) is 19.3 Å². The van der Waals surface area contributed by atoms with Crippen molar-refractivity contribution in [2.75, 3.05) is 11.9 Å². The van der Waals surface area contributed by atoms with Crippen LogP contribution in [0.3, 0.4) is 0 Å². The van der Waals surface area contributed by atoms with Gasteiger partial charge in [-0.2, -0.15) is 0 Å². The fourth-order valence-corrected chi connectivity index (χ4v) is 2.97. The third-order valence-corrected chi connectivity index (χ3v) is 4.15. The lowest BCUT2D eigenvalue weighted by Gasteiger charge is -2.25. The molecule has 0 atom stereocenters. The third kappa shape index (κ3) is 2.84. The van der Waals surface area contributed by atoms with Gasteiger partial charge in [-0.15, -0.1) is 0 Å². The molecule has 3 rings (SSSR count). The number of benzene rings is 1. The van der Waals surface area contributed by atoms with Crippen LogP contribution < -0.4 is 10.1 Å². The molecule has 1 aromatic carbocycles. The standard InChI is InChI=1S/C17H17NO5/c1-2-12(19)17-13(20)6-10(7-14(17)21)9-3-4-15-11(5-9)18-16(22)8-23-15/h3-5,10,19H,2,6-8H2,1H3,(H,18,22). The Morgan fingerprint density at radius 1 is 1.26 bits per heavy atom. The van der Waals surface area contributed by atoms with Gasteiger partial charge >= 0.3 is 0 Å². The van der Waals surface area contributed by atoms with Gasteiger partial charge in [-0.3, -0.25) is 14.4 Å². The lowest BCUT2D eigenvalue weighted by Crippen LogP contribution is -2.27. The quantitative estimate of drug-likeness (QED) is 0.496. The minimum atomic E-state index is -0.330. The monoisotopic (exact) mass is 315 g/mol. The molecule has 2 N–H and O–H groups in total. The van der Waals surface area contributed by atoms with E-state index in [0.29, 0.717) is 11.4 Å². The summed E-state index contributed by atoms with van der Waals surface area (Å²) in [7, 11) is 0. The van der Waals surface area contributed by atoms with Gasteiger partial charge in [0.15, 0.2) is 18.2 Å². The van der Waals surface area contributed by atoms with E-state index in [1.807, 2.05) is 0 Å². The van der Waals surface area contributed by atoms with Crippen molar-refractivity contribution < 1.29 is 24.2 Å². The third-order valence-electron chi connectivity index (χ3n) is 4.15. The molecule has 1 aliphatic carbocycles. The topological polar surface area (TPSA) is 92.7 Å². The van der Waals surface area contributed by atoms with Crippen LogP contribution in [0.1, 0.15) is 37.7 Å². The molecule has 2 aliphatic rings. The maximum absolute atomic E-state index is 12.2. The van der Waals surface area contributed by atoms with Crippen LogP contribution in [0.15, 0.2) is 29.5 Å². The molecule has 1 aromatic rings. The number of anilines is 1. The van der Waals surface area contributed by atoms with Gasteiger partial charge in [-0.25, -0.2) is 0 Å². The van der Waals surface area contributed by atoms with Gasteiger partial charge in [-0.05, 0) is 23.6 Å². The van der Waals surface area contributed by atoms with E-state index in [4.69, 9.17) is 4.74 Å². The van der Waals surface area contributed by atoms with Gasteiger partial charge < -0.3 is 15.2 Å². The highest BCUT2D eigenvalue weighted by Crippen LogP contribution is 2.37. The molecule has 0 unspecified atom stereocenters. The predicted octanol–water partition coefficient (Wildman–Crippen LogP) is 2.26. The van der Waals surface area contributed by atoms with Crippen LogP contribution in [-0.2, 0) is 14.4 Å². The Morgan fingerprint density at radius 3 is 2.61 bits per heavy atom. The minimum Gasteiger partial charge on any atom is -0.511 e. The molecule has 120 valence electrons. The zero-order chi connectivity index (χ0) is 16.6. The summed E-state index contributed by atoms with van der Waals surface area (Å²) >= 11 is 0. The van der Waals surface area contributed by atoms with Crippen LogP contribution in [0.5, 0.6) is 5.75 Å². The number of ether oxygens (including phenoxy) is 1. The number of fused-ring (bicyclic) bond motifs is 1. The van der Waals surface area contributed by atoms with E-state index in [1.165, 1.54) is 0 Å². The average molecular weight is 315 g/mol. The van der Waals surface area contributed by atoms with Crippen molar-refractivity contribution in [1.82, 2.24) is 0 Å². The molecule has 0 spiro atoms. The fraction of sp³-hybridized carbons (Fsp3) is 0.353. The van der Waals surface area contributed by atoms with Gasteiger partial charge in [0.1, 0.15) is 11.5 Å². The smallest absolute Gasteiger partial charge is 0.262 e. The highest BCUT2D eigenvalue weighted by Gasteiger charge is 2.34. The predicted molar refractivity (Wildman–Crippen MR) is 82.5 cm³/mol. The Bertz CT molecular complexity index is 714. The van der Waals surface area contributed by atoms with Gasteiger partial charge in [0.2, 0.25) is 0 Å². The van der Waals surface area contributed by atoms with Gasteiger partial charge in [0.25, 0.3) is 5.91 Å². The molecular formula is C17H17NO5. The van der Waals surface area contributed by atoms with Crippen molar-refractivity contribution in [1.29, 1.82) is 0 Å². The van der Waals surface area contributed by atoms with Crippen LogP contribution in [0.4, 0.5) is 5.69 Å². The highest BCUT2D eigenvalue weighted by atomic mass is 16.5. The lowest BCUT2D eigenvalue weighted by atomic mass is 9.79. The molecule has 0 radical (unpaired) electrons. The SMILES string of the molecule is CCC(O)=C1C(=O)CC(c2ccc3c(c2)NC(=O)CO3)CC1=O. The molecule has 6 nitrogen and oxygen atoms in total. The summed E-state index contributed by atoms with van der Waals surface area (Å²) in [4.78, 5) is 35.8. The minimum absolute atomic E-state index is 0.0167. The number of hydrogen-bond donors (Lipinski definition) is 2. The van der Waals surface area contributed by atoms with Crippen molar-refractivity contribution in [2.24, 2.45) is 0 Å². The number of aliphatic hydroxyl groups excluding tert-OH is 1. The zero-order valence-corrected chi connectivity index (χ0v) is 12.7. The summed E-state index contributed by atoms with van der Waals surface area (Å²) < 4.78 is 5.30. The van der Waals surface area contributed by atoms with E-state index < -0.39 is 0 Å². The molecule has 23 heavy (non-hydrogen) atoms. The number of ketones is 2. The number of Topliss-reactive ketones (excluding diaryl/α,β-unsaturated/α-hetero) is 2. The Balaban J connectivity index is 1.87. The molecule has 6 heteroatoms. The summed E-state index contributed by atoms with van der Waals surface area (Å²) in [6.45, 7) is 1.68. The highest BCUT2D eigenvalue weighted by molar-refractivity contribution is 6.22. The molecular weight excluding hydrogens is 298 g/mol. The van der Waals surface area contributed by atoms with Crippen LogP contribution in [0.25, 0.3) is 0 Å². The van der Waals surface area contributed by atoms with E-state index >= 15 is 0 Å². The lowest BCUT2D eigenvalue weighted by molar-refractivity contribution is -0.125. The number of carbonyl (C=O) groups excluding carboxylic acids is 3. The molecule has 1 saturated carbocycles. The molecule has 0 aromatic heterocycles. The average Bonchev–Trinajstić information content (AvgIpc) is 2.53. The van der Waals surface area contributed by atoms with Gasteiger partial charge in [-0.1, -0.05) is 13.0 Å². The van der Waals surface area contributed by atoms with Crippen LogP contribution in [0, 0.1) is 0 Å². The first-order chi connectivity index (χ1) is 11.0. The second-order valence-corrected chi connectivity index (χ2v) is 5.72. The van der Waals surface area contributed by atoms with Crippen molar-refractivity contribution in [2.45, 2.75) is 32.1 Å². The summed E-state index contributed by atoms with van der Waals surface area (Å²) in [6.07, 6.45) is 0.594. The first-order valence-electron chi connectivity index (χ1n) is 7.54. The molecule has 0 bridgehead atoms. The second-order valence-electron chi connectivity index (χ2n) is 5.72. The van der Waals surface area contributed by atoms with Crippen LogP contribution in [0.2, 0.25) is 0 Å². The molecule has 1 fully saturated rings. The molecule has 1 aliphatic heterocycles. The van der Waals surface area contributed by atoms with E-state index in [0.717, 1.165) is 5.56 Å². The molecule has 0 saturated heterocycles. The Kier molecular flexibility index (Phi) is 3.90. The number of nitrogens with one attached hydrogen (secondary N) is 1. The summed E-state index contributed by atoms with van der Waals surface area (Å²) in [5.41, 5.74) is 1.29. The summed E-state index contributed by atoms with van der Waals surface area (Å²) in [6, 6.07) is 5.27. The zero-order valence-electron chi connectivity index (χ0n) is 12.7. The maximum atomic E-state index is 12.2. The number of hydrogen-bond acceptors (Lipinski definition) is 5. The van der Waals surface area contributed by atoms with E-state index in [9.17, 15) is 19.5 Å². The Morgan fingerprint density at radius 2 is 1.96 bits per heavy atom. The van der Waals surface area contributed by atoms with Gasteiger partial charge in [0.05, 0.1) is 11.3 Å². The largest absolute Gasteiger partial charge is 0.511 e. The first-order valence-corrected chi connectivity index (χ1v) is 7.54. The Labute approximate surface area is 133 Å². The van der Waals surface area contributed by atoms with E-state index in [-0.39, 0.29) is 60.6 Å². The van der Waals surface area contributed by atoms with E-state index in [1.54, 1.807) is 25.1 Å². The normalized spacial score (nSPS) is 20.7. The first kappa shape index (κ1) is 15.3. The van der Waals surface area contributed by atoms with Crippen LogP contribution >= 0.6 is 0 Å². The van der Waals surface area contributed by atoms with Crippen molar-refractivity contribution in [3.05, 3.63) is 35.1 Å². The Hall–Kier alpha value is -2.63. The van der Waals surface area contributed by atoms with Crippen molar-refractivity contribution >= 4 is 23.2 Å². The van der Waals surface area contributed by atoms with E-state index in [2.05, 4.69) is 5.32 Å². The number of carbonyl (C=O) groups is 3.